The number of amides is 1. The van der Waals surface area contributed by atoms with Crippen LogP contribution in [-0.4, -0.2) is 64.8 Å². The highest BCUT2D eigenvalue weighted by molar-refractivity contribution is 5.92. The minimum absolute atomic E-state index is 0.124. The fraction of sp³-hybridized carbons (Fsp3) is 0.583. The number of aliphatic hydroxyl groups is 3. The molecule has 1 unspecified atom stereocenters. The molecule has 0 radical (unpaired) electrons. The number of esters is 2. The zero-order valence-corrected chi connectivity index (χ0v) is 11.9. The van der Waals surface area contributed by atoms with Crippen LogP contribution in [0.4, 0.5) is 4.79 Å². The minimum atomic E-state index is -1.56. The molecular formula is C12H17NO9. The maximum atomic E-state index is 11.5. The lowest BCUT2D eigenvalue weighted by Crippen LogP contribution is -2.40. The third kappa shape index (κ3) is 4.09. The zero-order valence-electron chi connectivity index (χ0n) is 11.9. The molecule has 0 aliphatic carbocycles. The van der Waals surface area contributed by atoms with Crippen LogP contribution in [0.5, 0.6) is 0 Å². The Labute approximate surface area is 125 Å². The van der Waals surface area contributed by atoms with Crippen LogP contribution in [0.1, 0.15) is 13.8 Å². The lowest BCUT2D eigenvalue weighted by molar-refractivity contribution is -0.147. The number of aliphatic hydroxyl groups excluding tert-OH is 3. The van der Waals surface area contributed by atoms with E-state index in [0.29, 0.717) is 0 Å². The first-order valence-corrected chi connectivity index (χ1v) is 6.39. The van der Waals surface area contributed by atoms with Gasteiger partial charge < -0.3 is 34.8 Å². The molecule has 0 spiro atoms. The SMILES string of the molecule is CCOC(=O)C(C)NC(=O)OC1=C(O)[C@@H]([C@@H](O)CO)OC1=O. The Bertz CT molecular complexity index is 487. The van der Waals surface area contributed by atoms with Crippen LogP contribution < -0.4 is 5.32 Å². The van der Waals surface area contributed by atoms with Gasteiger partial charge in [-0.3, -0.25) is 0 Å². The first-order valence-electron chi connectivity index (χ1n) is 6.39. The standard InChI is InChI=1S/C12H17NO9/c1-3-20-10(17)5(2)13-12(19)22-9-7(16)8(6(15)4-14)21-11(9)18/h5-6,8,14-16H,3-4H2,1-2H3,(H,13,19)/t5?,6-,8+/m0/s1. The molecule has 0 aromatic carbocycles. The molecular weight excluding hydrogens is 302 g/mol. The molecule has 0 saturated carbocycles. The molecule has 10 heteroatoms. The minimum Gasteiger partial charge on any atom is -0.505 e. The van der Waals surface area contributed by atoms with E-state index in [1.165, 1.54) is 6.92 Å². The number of carbonyl (C=O) groups is 3. The highest BCUT2D eigenvalue weighted by Gasteiger charge is 2.41. The summed E-state index contributed by atoms with van der Waals surface area (Å²) in [6.45, 7) is 2.27. The van der Waals surface area contributed by atoms with Gasteiger partial charge in [0.2, 0.25) is 0 Å². The molecule has 1 heterocycles. The van der Waals surface area contributed by atoms with Crippen molar-refractivity contribution < 1.29 is 43.9 Å². The van der Waals surface area contributed by atoms with Gasteiger partial charge in [-0.05, 0) is 13.8 Å². The molecule has 0 aromatic heterocycles. The number of rotatable bonds is 6. The zero-order chi connectivity index (χ0) is 16.9. The molecule has 1 aliphatic heterocycles. The van der Waals surface area contributed by atoms with Crippen LogP contribution in [0.3, 0.4) is 0 Å². The smallest absolute Gasteiger partial charge is 0.413 e. The topological polar surface area (TPSA) is 152 Å². The van der Waals surface area contributed by atoms with E-state index < -0.39 is 54.4 Å². The number of ether oxygens (including phenoxy) is 3. The predicted molar refractivity (Wildman–Crippen MR) is 68.3 cm³/mol. The van der Waals surface area contributed by atoms with Crippen molar-refractivity contribution >= 4 is 18.0 Å². The Kier molecular flexibility index (Phi) is 6.13. The number of cyclic esters (lactones) is 1. The van der Waals surface area contributed by atoms with Crippen molar-refractivity contribution in [3.63, 3.8) is 0 Å². The average Bonchev–Trinajstić information content (AvgIpc) is 2.74. The van der Waals surface area contributed by atoms with Gasteiger partial charge in [0, 0.05) is 0 Å². The van der Waals surface area contributed by atoms with Crippen LogP contribution in [0.2, 0.25) is 0 Å². The number of hydrogen-bond donors (Lipinski definition) is 4. The van der Waals surface area contributed by atoms with Crippen molar-refractivity contribution in [2.45, 2.75) is 32.1 Å². The van der Waals surface area contributed by atoms with Crippen LogP contribution >= 0.6 is 0 Å². The fourth-order valence-corrected chi connectivity index (χ4v) is 1.53. The quantitative estimate of drug-likeness (QED) is 0.346. The van der Waals surface area contributed by atoms with E-state index in [1.807, 2.05) is 0 Å². The van der Waals surface area contributed by atoms with Gasteiger partial charge in [-0.25, -0.2) is 14.4 Å². The summed E-state index contributed by atoms with van der Waals surface area (Å²) in [6, 6.07) is -1.04. The van der Waals surface area contributed by atoms with Crippen molar-refractivity contribution in [2.24, 2.45) is 0 Å². The normalized spacial score (nSPS) is 20.2. The van der Waals surface area contributed by atoms with Crippen LogP contribution in [-0.2, 0) is 23.8 Å². The molecule has 3 atom stereocenters. The van der Waals surface area contributed by atoms with Crippen molar-refractivity contribution in [1.82, 2.24) is 5.32 Å². The molecule has 0 fully saturated rings. The van der Waals surface area contributed by atoms with Crippen molar-refractivity contribution in [2.75, 3.05) is 13.2 Å². The lowest BCUT2D eigenvalue weighted by Gasteiger charge is -2.14. The Hall–Kier alpha value is -2.33. The van der Waals surface area contributed by atoms with E-state index in [0.717, 1.165) is 0 Å². The number of hydrogen-bond acceptors (Lipinski definition) is 9. The monoisotopic (exact) mass is 319 g/mol. The summed E-state index contributed by atoms with van der Waals surface area (Å²) in [5.41, 5.74) is 0. The van der Waals surface area contributed by atoms with Gasteiger partial charge in [0.15, 0.2) is 11.9 Å². The Morgan fingerprint density at radius 1 is 1.45 bits per heavy atom. The molecule has 0 bridgehead atoms. The molecule has 1 amide bonds. The second-order valence-corrected chi connectivity index (χ2v) is 4.30. The number of carbonyl (C=O) groups excluding carboxylic acids is 3. The van der Waals surface area contributed by atoms with Gasteiger partial charge in [-0.1, -0.05) is 0 Å². The van der Waals surface area contributed by atoms with Gasteiger partial charge in [0.25, 0.3) is 5.76 Å². The van der Waals surface area contributed by atoms with E-state index in [-0.39, 0.29) is 6.61 Å². The van der Waals surface area contributed by atoms with Crippen molar-refractivity contribution in [3.05, 3.63) is 11.5 Å². The van der Waals surface area contributed by atoms with E-state index >= 15 is 0 Å². The second kappa shape index (κ2) is 7.61. The van der Waals surface area contributed by atoms with Gasteiger partial charge in [-0.15, -0.1) is 0 Å². The summed E-state index contributed by atoms with van der Waals surface area (Å²) in [6.07, 6.45) is -4.28. The predicted octanol–water partition coefficient (Wildman–Crippen LogP) is -1.29. The summed E-state index contributed by atoms with van der Waals surface area (Å²) in [5.74, 6) is -3.55. The maximum Gasteiger partial charge on any atom is 0.413 e. The highest BCUT2D eigenvalue weighted by Crippen LogP contribution is 2.24. The fourth-order valence-electron chi connectivity index (χ4n) is 1.53. The summed E-state index contributed by atoms with van der Waals surface area (Å²) in [4.78, 5) is 34.3. The average molecular weight is 319 g/mol. The van der Waals surface area contributed by atoms with Crippen molar-refractivity contribution in [3.8, 4) is 0 Å². The second-order valence-electron chi connectivity index (χ2n) is 4.30. The van der Waals surface area contributed by atoms with Gasteiger partial charge in [0.1, 0.15) is 12.1 Å². The Balaban J connectivity index is 2.69. The molecule has 124 valence electrons. The third-order valence-electron chi connectivity index (χ3n) is 2.63. The molecule has 1 aliphatic rings. The molecule has 22 heavy (non-hydrogen) atoms. The summed E-state index contributed by atoms with van der Waals surface area (Å²) < 4.78 is 13.8. The number of alkyl carbamates (subject to hydrolysis) is 1. The Morgan fingerprint density at radius 2 is 2.09 bits per heavy atom. The van der Waals surface area contributed by atoms with E-state index in [1.54, 1.807) is 6.92 Å². The van der Waals surface area contributed by atoms with Crippen LogP contribution in [0.15, 0.2) is 11.5 Å². The summed E-state index contributed by atoms with van der Waals surface area (Å²) in [5, 5.41) is 29.8. The maximum absolute atomic E-state index is 11.5. The van der Waals surface area contributed by atoms with E-state index in [2.05, 4.69) is 19.5 Å². The van der Waals surface area contributed by atoms with Gasteiger partial charge in [-0.2, -0.15) is 0 Å². The van der Waals surface area contributed by atoms with E-state index in [9.17, 15) is 24.6 Å². The van der Waals surface area contributed by atoms with Crippen molar-refractivity contribution in [1.29, 1.82) is 0 Å². The highest BCUT2D eigenvalue weighted by atomic mass is 16.6. The molecule has 4 N–H and O–H groups in total. The van der Waals surface area contributed by atoms with Gasteiger partial charge in [0.05, 0.1) is 13.2 Å². The molecule has 10 nitrogen and oxygen atoms in total. The van der Waals surface area contributed by atoms with Crippen LogP contribution in [0, 0.1) is 0 Å². The number of nitrogens with one attached hydrogen (secondary N) is 1. The molecule has 0 aromatic rings. The Morgan fingerprint density at radius 3 is 2.64 bits per heavy atom. The molecule has 1 rings (SSSR count). The van der Waals surface area contributed by atoms with Gasteiger partial charge >= 0.3 is 18.0 Å². The third-order valence-corrected chi connectivity index (χ3v) is 2.63. The largest absolute Gasteiger partial charge is 0.505 e. The summed E-state index contributed by atoms with van der Waals surface area (Å²) >= 11 is 0. The van der Waals surface area contributed by atoms with Crippen LogP contribution in [0.25, 0.3) is 0 Å². The lowest BCUT2D eigenvalue weighted by atomic mass is 10.2. The molecule has 0 saturated heterocycles. The first kappa shape index (κ1) is 17.7. The van der Waals surface area contributed by atoms with E-state index in [4.69, 9.17) is 5.11 Å². The first-order chi connectivity index (χ1) is 10.3. The summed E-state index contributed by atoms with van der Waals surface area (Å²) in [7, 11) is 0.